The highest BCUT2D eigenvalue weighted by atomic mass is 35.5. The predicted octanol–water partition coefficient (Wildman–Crippen LogP) is 7.34. The molecule has 4 aromatic carbocycles. The van der Waals surface area contributed by atoms with Crippen LogP contribution in [0.1, 0.15) is 0 Å². The fraction of sp³-hybridized carbons (Fsp3) is 0. The summed E-state index contributed by atoms with van der Waals surface area (Å²) in [6.45, 7) is 0. The molecule has 8 nitrogen and oxygen atoms in total. The summed E-state index contributed by atoms with van der Waals surface area (Å²) in [7, 11) is 0. The molecule has 8 bridgehead atoms. The maximum atomic E-state index is 7.00. The van der Waals surface area contributed by atoms with Crippen LogP contribution in [0, 0.1) is 0 Å². The molecule has 0 amide bonds. The quantitative estimate of drug-likeness (QED) is 0.213. The second-order valence-electron chi connectivity index (χ2n) is 9.90. The first-order chi connectivity index (χ1) is 20.2. The smallest absolute Gasteiger partial charge is 0.164 e. The highest BCUT2D eigenvalue weighted by Gasteiger charge is 2.22. The molecule has 0 fully saturated rings. The van der Waals surface area contributed by atoms with Crippen LogP contribution in [0.15, 0.2) is 97.1 Å². The number of nitrogens with one attached hydrogen (secondary N) is 1. The van der Waals surface area contributed by atoms with E-state index in [1.165, 1.54) is 4.09 Å². The molecule has 5 heterocycles. The number of rotatable bonds is 0. The number of halogens is 1. The predicted molar refractivity (Wildman–Crippen MR) is 161 cm³/mol. The third-order valence-corrected chi connectivity index (χ3v) is 7.88. The molecular formula is C32H17ClN8. The van der Waals surface area contributed by atoms with Gasteiger partial charge in [0.2, 0.25) is 0 Å². The highest BCUT2D eigenvalue weighted by Crippen LogP contribution is 2.37. The van der Waals surface area contributed by atoms with Crippen LogP contribution in [0.5, 0.6) is 0 Å². The molecule has 2 aliphatic rings. The van der Waals surface area contributed by atoms with E-state index in [1.807, 2.05) is 97.1 Å². The third-order valence-electron chi connectivity index (χ3n) is 7.56. The lowest BCUT2D eigenvalue weighted by molar-refractivity contribution is 1.17. The van der Waals surface area contributed by atoms with Gasteiger partial charge in [-0.25, -0.2) is 34.0 Å². The average Bonchev–Trinajstić information content (AvgIpc) is 3.72. The fourth-order valence-electron chi connectivity index (χ4n) is 5.65. The third kappa shape index (κ3) is 3.22. The van der Waals surface area contributed by atoms with Gasteiger partial charge in [0.15, 0.2) is 34.6 Å². The number of hydrogen-bond acceptors (Lipinski definition) is 6. The number of nitrogens with zero attached hydrogens (tertiary/aromatic N) is 7. The number of fused-ring (bicyclic) bond motifs is 20. The molecule has 0 saturated carbocycles. The van der Waals surface area contributed by atoms with Crippen molar-refractivity contribution in [1.29, 1.82) is 0 Å². The van der Waals surface area contributed by atoms with Gasteiger partial charge in [-0.2, -0.15) is 0 Å². The molecule has 0 unspecified atom stereocenters. The number of benzene rings is 4. The molecule has 0 spiro atoms. The van der Waals surface area contributed by atoms with Crippen molar-refractivity contribution >= 4 is 55.9 Å². The van der Waals surface area contributed by atoms with E-state index in [4.69, 9.17) is 41.7 Å². The summed E-state index contributed by atoms with van der Waals surface area (Å²) in [6.07, 6.45) is 0. The first-order valence-electron chi connectivity index (χ1n) is 13.1. The number of H-pyrrole nitrogens is 1. The van der Waals surface area contributed by atoms with Crippen LogP contribution in [0.25, 0.3) is 89.7 Å². The van der Waals surface area contributed by atoms with Crippen molar-refractivity contribution in [2.24, 2.45) is 0 Å². The van der Waals surface area contributed by atoms with Gasteiger partial charge in [0.1, 0.15) is 11.3 Å². The van der Waals surface area contributed by atoms with E-state index in [0.717, 1.165) is 43.8 Å². The van der Waals surface area contributed by atoms with Crippen molar-refractivity contribution in [2.45, 2.75) is 0 Å². The molecule has 9 rings (SSSR count). The lowest BCUT2D eigenvalue weighted by atomic mass is 10.1. The Morgan fingerprint density at radius 2 is 0.756 bits per heavy atom. The van der Waals surface area contributed by atoms with Crippen LogP contribution in [0.2, 0.25) is 0 Å². The topological polar surface area (TPSA) is 98.1 Å². The Morgan fingerprint density at radius 3 is 1.17 bits per heavy atom. The first-order valence-corrected chi connectivity index (χ1v) is 13.4. The molecule has 0 atom stereocenters. The Balaban J connectivity index is 1.53. The maximum Gasteiger partial charge on any atom is 0.164 e. The van der Waals surface area contributed by atoms with Crippen LogP contribution in [-0.2, 0) is 0 Å². The Labute approximate surface area is 237 Å². The van der Waals surface area contributed by atoms with Crippen molar-refractivity contribution in [2.75, 3.05) is 0 Å². The zero-order valence-electron chi connectivity index (χ0n) is 21.2. The summed E-state index contributed by atoms with van der Waals surface area (Å²) in [5, 5.41) is 3.59. The van der Waals surface area contributed by atoms with Crippen molar-refractivity contribution in [3.05, 3.63) is 97.1 Å². The van der Waals surface area contributed by atoms with E-state index in [1.54, 1.807) is 0 Å². The SMILES string of the molecule is Cln1c2nc3nc(nc4[nH]c(nc5nc(nc1c1ccccc12)-c1ccccc1-5)c1ccccc41)-c1ccccc1-3. The van der Waals surface area contributed by atoms with E-state index >= 15 is 0 Å². The van der Waals surface area contributed by atoms with Crippen molar-refractivity contribution in [3.8, 4) is 45.6 Å². The van der Waals surface area contributed by atoms with Crippen molar-refractivity contribution < 1.29 is 0 Å². The Morgan fingerprint density at radius 1 is 0.415 bits per heavy atom. The number of aromatic nitrogens is 8. The molecule has 192 valence electrons. The zero-order valence-corrected chi connectivity index (χ0v) is 22.0. The molecule has 0 saturated heterocycles. The minimum Gasteiger partial charge on any atom is -0.324 e. The summed E-state index contributed by atoms with van der Waals surface area (Å²) in [6, 6.07) is 31.8. The number of hydrogen-bond donors (Lipinski definition) is 1. The Kier molecular flexibility index (Phi) is 4.51. The van der Waals surface area contributed by atoms with Gasteiger partial charge in [-0.15, -0.1) is 0 Å². The Hall–Kier alpha value is -5.47. The molecule has 2 aliphatic heterocycles. The summed E-state index contributed by atoms with van der Waals surface area (Å²) in [4.78, 5) is 33.2. The second-order valence-corrected chi connectivity index (χ2v) is 10.2. The molecule has 7 aromatic rings. The zero-order chi connectivity index (χ0) is 27.1. The highest BCUT2D eigenvalue weighted by molar-refractivity contribution is 6.25. The number of aromatic amines is 1. The van der Waals surface area contributed by atoms with E-state index in [-0.39, 0.29) is 0 Å². The molecule has 41 heavy (non-hydrogen) atoms. The molecule has 9 heteroatoms. The summed E-state index contributed by atoms with van der Waals surface area (Å²) < 4.78 is 1.49. The van der Waals surface area contributed by atoms with Crippen LogP contribution in [0.4, 0.5) is 0 Å². The monoisotopic (exact) mass is 548 g/mol. The summed E-state index contributed by atoms with van der Waals surface area (Å²) in [5.74, 6) is 2.18. The van der Waals surface area contributed by atoms with Gasteiger partial charge in [0, 0.05) is 55.6 Å². The minimum atomic E-state index is 0.531. The average molecular weight is 549 g/mol. The van der Waals surface area contributed by atoms with Gasteiger partial charge in [-0.3, -0.25) is 0 Å². The summed E-state index contributed by atoms with van der Waals surface area (Å²) in [5.41, 5.74) is 5.94. The van der Waals surface area contributed by atoms with Gasteiger partial charge in [-0.1, -0.05) is 97.1 Å². The van der Waals surface area contributed by atoms with E-state index in [9.17, 15) is 0 Å². The van der Waals surface area contributed by atoms with E-state index in [2.05, 4.69) is 4.98 Å². The second kappa shape index (κ2) is 8.27. The van der Waals surface area contributed by atoms with Gasteiger partial charge < -0.3 is 4.98 Å². The Bertz CT molecular complexity index is 2240. The normalized spacial score (nSPS) is 12.0. The van der Waals surface area contributed by atoms with E-state index in [0.29, 0.717) is 45.9 Å². The van der Waals surface area contributed by atoms with Crippen LogP contribution in [-0.4, -0.2) is 39.0 Å². The van der Waals surface area contributed by atoms with Crippen molar-refractivity contribution in [1.82, 2.24) is 39.0 Å². The fourth-order valence-corrected chi connectivity index (χ4v) is 5.91. The van der Waals surface area contributed by atoms with Gasteiger partial charge in [-0.05, 0) is 0 Å². The standard InChI is InChI=1S/C32H17ClN8/c33-41-31-23-15-7-8-16-24(23)32(41)40-30-22-14-6-4-12-20(22)28(38-30)36-26-18-10-2-1-9-17(18)25(34-26)35-27-19-11-3-5-13-21(19)29(37-27)39-31/h1-16H,(H,34,35,36,37,38,39,40). The lowest BCUT2D eigenvalue weighted by Crippen LogP contribution is -1.88. The molecule has 0 radical (unpaired) electrons. The molecule has 0 aliphatic carbocycles. The minimum absolute atomic E-state index is 0.531. The molecular weight excluding hydrogens is 532 g/mol. The van der Waals surface area contributed by atoms with Crippen LogP contribution in [0.3, 0.4) is 0 Å². The van der Waals surface area contributed by atoms with Gasteiger partial charge >= 0.3 is 0 Å². The largest absolute Gasteiger partial charge is 0.324 e. The lowest BCUT2D eigenvalue weighted by Gasteiger charge is -1.97. The van der Waals surface area contributed by atoms with Gasteiger partial charge in [0.25, 0.3) is 0 Å². The van der Waals surface area contributed by atoms with E-state index < -0.39 is 0 Å². The first kappa shape index (κ1) is 22.4. The molecule has 3 aromatic heterocycles. The molecule has 1 N–H and O–H groups in total. The van der Waals surface area contributed by atoms with Crippen LogP contribution >= 0.6 is 11.8 Å². The summed E-state index contributed by atoms with van der Waals surface area (Å²) >= 11 is 7.00. The van der Waals surface area contributed by atoms with Crippen LogP contribution < -0.4 is 0 Å². The maximum absolute atomic E-state index is 7.00. The van der Waals surface area contributed by atoms with Crippen molar-refractivity contribution in [3.63, 3.8) is 0 Å². The van der Waals surface area contributed by atoms with Gasteiger partial charge in [0.05, 0.1) is 0 Å².